The van der Waals surface area contributed by atoms with Crippen molar-refractivity contribution in [2.75, 3.05) is 4.90 Å². The highest BCUT2D eigenvalue weighted by atomic mass is 79.9. The molecular weight excluding hydrogens is 316 g/mol. The molecular formula is C16H15BrN2O. The highest BCUT2D eigenvalue weighted by Crippen LogP contribution is 2.40. The molecule has 4 rings (SSSR count). The van der Waals surface area contributed by atoms with Crippen LogP contribution in [0.1, 0.15) is 25.7 Å². The molecule has 0 aliphatic carbocycles. The molecule has 2 unspecified atom stereocenters. The molecule has 2 atom stereocenters. The second-order valence-electron chi connectivity index (χ2n) is 5.74. The fourth-order valence-electron chi connectivity index (χ4n) is 3.69. The lowest BCUT2D eigenvalue weighted by atomic mass is 10.00. The maximum absolute atomic E-state index is 11.8. The highest BCUT2D eigenvalue weighted by Gasteiger charge is 2.40. The van der Waals surface area contributed by atoms with Crippen LogP contribution in [-0.4, -0.2) is 22.9 Å². The molecule has 2 aliphatic heterocycles. The number of ketones is 1. The van der Waals surface area contributed by atoms with Crippen LogP contribution in [0.5, 0.6) is 0 Å². The van der Waals surface area contributed by atoms with Gasteiger partial charge in [0.05, 0.1) is 11.2 Å². The number of Topliss-reactive ketones (excluding diaryl/α,β-unsaturated/α-hetero) is 1. The number of carbonyl (C=O) groups excluding carboxylic acids is 1. The normalized spacial score (nSPS) is 25.4. The van der Waals surface area contributed by atoms with E-state index in [-0.39, 0.29) is 0 Å². The van der Waals surface area contributed by atoms with Crippen molar-refractivity contribution < 1.29 is 4.79 Å². The van der Waals surface area contributed by atoms with Gasteiger partial charge in [0, 0.05) is 41.0 Å². The fraction of sp³-hybridized carbons (Fsp3) is 0.375. The van der Waals surface area contributed by atoms with E-state index in [0.717, 1.165) is 28.2 Å². The second-order valence-corrected chi connectivity index (χ2v) is 6.66. The van der Waals surface area contributed by atoms with Gasteiger partial charge in [-0.05, 0) is 40.9 Å². The third-order valence-electron chi connectivity index (χ3n) is 4.48. The number of hydrogen-bond donors (Lipinski definition) is 0. The van der Waals surface area contributed by atoms with Crippen LogP contribution in [0.15, 0.2) is 34.9 Å². The largest absolute Gasteiger partial charge is 0.363 e. The van der Waals surface area contributed by atoms with Crippen LogP contribution < -0.4 is 4.90 Å². The standard InChI is InChI=1S/C16H15BrN2O/c17-11-6-10-2-1-3-15(16(10)18-9-11)19-12-4-5-13(19)8-14(20)7-12/h1-3,6,9,12-13H,4-5,7-8H2. The summed E-state index contributed by atoms with van der Waals surface area (Å²) in [5, 5.41) is 1.15. The summed E-state index contributed by atoms with van der Waals surface area (Å²) in [7, 11) is 0. The van der Waals surface area contributed by atoms with Crippen LogP contribution in [0.25, 0.3) is 10.9 Å². The van der Waals surface area contributed by atoms with Crippen molar-refractivity contribution in [2.24, 2.45) is 0 Å². The van der Waals surface area contributed by atoms with Crippen LogP contribution in [0, 0.1) is 0 Å². The topological polar surface area (TPSA) is 33.2 Å². The third-order valence-corrected chi connectivity index (χ3v) is 4.91. The van der Waals surface area contributed by atoms with Crippen LogP contribution in [-0.2, 0) is 4.79 Å². The van der Waals surface area contributed by atoms with Gasteiger partial charge in [-0.25, -0.2) is 0 Å². The zero-order chi connectivity index (χ0) is 13.7. The molecule has 20 heavy (non-hydrogen) atoms. The van der Waals surface area contributed by atoms with Crippen LogP contribution in [0.3, 0.4) is 0 Å². The number of aromatic nitrogens is 1. The highest BCUT2D eigenvalue weighted by molar-refractivity contribution is 9.10. The van der Waals surface area contributed by atoms with Crippen molar-refractivity contribution in [1.29, 1.82) is 0 Å². The number of nitrogens with zero attached hydrogens (tertiary/aromatic N) is 2. The Morgan fingerprint density at radius 1 is 1.20 bits per heavy atom. The molecule has 2 saturated heterocycles. The number of rotatable bonds is 1. The maximum atomic E-state index is 11.8. The molecule has 3 heterocycles. The predicted molar refractivity (Wildman–Crippen MR) is 83.0 cm³/mol. The van der Waals surface area contributed by atoms with E-state index in [4.69, 9.17) is 0 Å². The summed E-state index contributed by atoms with van der Waals surface area (Å²) >= 11 is 3.48. The molecule has 3 nitrogen and oxygen atoms in total. The van der Waals surface area contributed by atoms with Gasteiger partial charge in [0.15, 0.2) is 0 Å². The van der Waals surface area contributed by atoms with Crippen molar-refractivity contribution in [3.63, 3.8) is 0 Å². The van der Waals surface area contributed by atoms with Crippen molar-refractivity contribution in [2.45, 2.75) is 37.8 Å². The molecule has 0 radical (unpaired) electrons. The number of hydrogen-bond acceptors (Lipinski definition) is 3. The quantitative estimate of drug-likeness (QED) is 0.799. The van der Waals surface area contributed by atoms with Crippen LogP contribution >= 0.6 is 15.9 Å². The summed E-state index contributed by atoms with van der Waals surface area (Å²) in [5.41, 5.74) is 2.23. The van der Waals surface area contributed by atoms with Gasteiger partial charge >= 0.3 is 0 Å². The molecule has 2 bridgehead atoms. The number of para-hydroxylation sites is 1. The smallest absolute Gasteiger partial charge is 0.137 e. The van der Waals surface area contributed by atoms with E-state index in [2.05, 4.69) is 50.1 Å². The number of fused-ring (bicyclic) bond motifs is 3. The lowest BCUT2D eigenvalue weighted by molar-refractivity contribution is -0.120. The Hall–Kier alpha value is -1.42. The number of halogens is 1. The Morgan fingerprint density at radius 3 is 2.70 bits per heavy atom. The van der Waals surface area contributed by atoms with E-state index >= 15 is 0 Å². The van der Waals surface area contributed by atoms with E-state index in [9.17, 15) is 4.79 Å². The minimum absolute atomic E-state index is 0.372. The van der Waals surface area contributed by atoms with Gasteiger partial charge in [0.1, 0.15) is 5.78 Å². The first kappa shape index (κ1) is 12.3. The monoisotopic (exact) mass is 330 g/mol. The van der Waals surface area contributed by atoms with Gasteiger partial charge in [0.25, 0.3) is 0 Å². The Kier molecular flexibility index (Phi) is 2.81. The van der Waals surface area contributed by atoms with Gasteiger partial charge in [-0.2, -0.15) is 0 Å². The molecule has 102 valence electrons. The van der Waals surface area contributed by atoms with Crippen LogP contribution in [0.2, 0.25) is 0 Å². The molecule has 0 saturated carbocycles. The maximum Gasteiger partial charge on any atom is 0.137 e. The first-order valence-corrected chi connectivity index (χ1v) is 7.86. The summed E-state index contributed by atoms with van der Waals surface area (Å²) < 4.78 is 0.999. The SMILES string of the molecule is O=C1CC2CCC(C1)N2c1cccc2cc(Br)cnc12. The molecule has 1 aromatic carbocycles. The van der Waals surface area contributed by atoms with Crippen molar-refractivity contribution >= 4 is 38.3 Å². The Morgan fingerprint density at radius 2 is 1.95 bits per heavy atom. The van der Waals surface area contributed by atoms with Gasteiger partial charge in [-0.15, -0.1) is 0 Å². The lowest BCUT2D eigenvalue weighted by Gasteiger charge is -2.36. The van der Waals surface area contributed by atoms with Gasteiger partial charge < -0.3 is 4.90 Å². The summed E-state index contributed by atoms with van der Waals surface area (Å²) in [5.74, 6) is 0.421. The molecule has 1 aromatic heterocycles. The number of anilines is 1. The first-order chi connectivity index (χ1) is 9.72. The average molecular weight is 331 g/mol. The molecule has 0 N–H and O–H groups in total. The lowest BCUT2D eigenvalue weighted by Crippen LogP contribution is -2.43. The van der Waals surface area contributed by atoms with Crippen molar-refractivity contribution in [3.05, 3.63) is 34.9 Å². The Balaban J connectivity index is 1.85. The molecule has 0 amide bonds. The third kappa shape index (κ3) is 1.85. The number of carbonyl (C=O) groups is 1. The summed E-state index contributed by atoms with van der Waals surface area (Å²) in [6.45, 7) is 0. The van der Waals surface area contributed by atoms with Gasteiger partial charge in [-0.1, -0.05) is 12.1 Å². The Bertz CT molecular complexity index is 684. The molecule has 4 heteroatoms. The Labute approximate surface area is 126 Å². The minimum atomic E-state index is 0.372. The number of pyridine rings is 1. The van der Waals surface area contributed by atoms with Gasteiger partial charge in [-0.3, -0.25) is 9.78 Å². The van der Waals surface area contributed by atoms with Crippen molar-refractivity contribution in [1.82, 2.24) is 4.98 Å². The summed E-state index contributed by atoms with van der Waals surface area (Å²) in [4.78, 5) is 18.8. The average Bonchev–Trinajstić information content (AvgIpc) is 2.69. The first-order valence-electron chi connectivity index (χ1n) is 7.07. The zero-order valence-corrected chi connectivity index (χ0v) is 12.6. The molecule has 2 aromatic rings. The van der Waals surface area contributed by atoms with Gasteiger partial charge in [0.2, 0.25) is 0 Å². The van der Waals surface area contributed by atoms with E-state index in [1.165, 1.54) is 5.69 Å². The zero-order valence-electron chi connectivity index (χ0n) is 11.1. The number of piperidine rings is 1. The predicted octanol–water partition coefficient (Wildman–Crippen LogP) is 3.70. The van der Waals surface area contributed by atoms with E-state index in [0.29, 0.717) is 30.7 Å². The van der Waals surface area contributed by atoms with E-state index in [1.54, 1.807) is 0 Å². The molecule has 0 spiro atoms. The summed E-state index contributed by atoms with van der Waals surface area (Å²) in [6.07, 6.45) is 5.50. The van der Waals surface area contributed by atoms with E-state index in [1.807, 2.05) is 6.20 Å². The molecule has 2 aliphatic rings. The fourth-order valence-corrected chi connectivity index (χ4v) is 4.04. The minimum Gasteiger partial charge on any atom is -0.363 e. The van der Waals surface area contributed by atoms with Crippen LogP contribution in [0.4, 0.5) is 5.69 Å². The second kappa shape index (κ2) is 4.55. The number of benzene rings is 1. The summed E-state index contributed by atoms with van der Waals surface area (Å²) in [6, 6.07) is 9.16. The molecule has 2 fully saturated rings. The van der Waals surface area contributed by atoms with Crippen molar-refractivity contribution in [3.8, 4) is 0 Å². The van der Waals surface area contributed by atoms with E-state index < -0.39 is 0 Å².